The maximum absolute atomic E-state index is 12.2. The molecule has 7 heteroatoms. The van der Waals surface area contributed by atoms with E-state index < -0.39 is 5.91 Å². The second-order valence-corrected chi connectivity index (χ2v) is 6.88. The van der Waals surface area contributed by atoms with Crippen molar-refractivity contribution < 1.29 is 14.3 Å². The quantitative estimate of drug-likeness (QED) is 0.448. The molecule has 0 aliphatic carbocycles. The molecule has 0 fully saturated rings. The van der Waals surface area contributed by atoms with Gasteiger partial charge in [-0.15, -0.1) is 0 Å². The maximum atomic E-state index is 12.2. The lowest BCUT2D eigenvalue weighted by Gasteiger charge is -2.12. The van der Waals surface area contributed by atoms with Crippen LogP contribution in [0.1, 0.15) is 11.1 Å². The fourth-order valence-corrected chi connectivity index (χ4v) is 2.93. The molecule has 0 aliphatic heterocycles. The highest BCUT2D eigenvalue weighted by Gasteiger charge is 2.09. The van der Waals surface area contributed by atoms with Gasteiger partial charge in [0, 0.05) is 0 Å². The van der Waals surface area contributed by atoms with E-state index in [1.165, 1.54) is 0 Å². The monoisotopic (exact) mass is 407 g/mol. The van der Waals surface area contributed by atoms with Crippen molar-refractivity contribution in [2.75, 3.05) is 6.61 Å². The Labute approximate surface area is 174 Å². The van der Waals surface area contributed by atoms with Gasteiger partial charge >= 0.3 is 0 Å². The summed E-state index contributed by atoms with van der Waals surface area (Å²) in [6.45, 7) is 1.78. The van der Waals surface area contributed by atoms with Crippen LogP contribution in [0.2, 0.25) is 0 Å². The van der Waals surface area contributed by atoms with E-state index in [1.54, 1.807) is 12.1 Å². The van der Waals surface area contributed by atoms with Gasteiger partial charge in [-0.05, 0) is 47.6 Å². The van der Waals surface area contributed by atoms with Crippen LogP contribution in [0, 0.1) is 6.92 Å². The number of carbonyl (C=O) groups is 2. The lowest BCUT2D eigenvalue weighted by Crippen LogP contribution is -2.49. The van der Waals surface area contributed by atoms with Crippen molar-refractivity contribution in [1.29, 1.82) is 0 Å². The summed E-state index contributed by atoms with van der Waals surface area (Å²) >= 11 is 5.02. The van der Waals surface area contributed by atoms with Crippen LogP contribution in [0.5, 0.6) is 5.75 Å². The van der Waals surface area contributed by atoms with Gasteiger partial charge in [0.05, 0.1) is 6.42 Å². The first kappa shape index (κ1) is 20.3. The minimum Gasteiger partial charge on any atom is -0.484 e. The number of amides is 2. The molecular weight excluding hydrogens is 386 g/mol. The second kappa shape index (κ2) is 9.66. The van der Waals surface area contributed by atoms with E-state index in [9.17, 15) is 9.59 Å². The first-order valence-electron chi connectivity index (χ1n) is 9.06. The van der Waals surface area contributed by atoms with Crippen LogP contribution in [-0.4, -0.2) is 23.5 Å². The molecule has 3 aromatic carbocycles. The summed E-state index contributed by atoms with van der Waals surface area (Å²) in [6.07, 6.45) is 0.182. The van der Waals surface area contributed by atoms with Gasteiger partial charge in [-0.2, -0.15) is 0 Å². The molecule has 0 bridgehead atoms. The highest BCUT2D eigenvalue weighted by Crippen LogP contribution is 2.18. The van der Waals surface area contributed by atoms with Crippen LogP contribution in [0.15, 0.2) is 66.7 Å². The summed E-state index contributed by atoms with van der Waals surface area (Å²) in [5, 5.41) is 4.54. The van der Waals surface area contributed by atoms with Crippen molar-refractivity contribution in [3.8, 4) is 5.75 Å². The van der Waals surface area contributed by atoms with Gasteiger partial charge in [0.15, 0.2) is 11.7 Å². The van der Waals surface area contributed by atoms with Crippen molar-refractivity contribution in [3.63, 3.8) is 0 Å². The van der Waals surface area contributed by atoms with Crippen LogP contribution in [0.25, 0.3) is 10.8 Å². The molecule has 0 spiro atoms. The van der Waals surface area contributed by atoms with Crippen molar-refractivity contribution in [3.05, 3.63) is 77.9 Å². The lowest BCUT2D eigenvalue weighted by atomic mass is 10.0. The second-order valence-electron chi connectivity index (χ2n) is 6.47. The largest absolute Gasteiger partial charge is 0.484 e. The number of rotatable bonds is 5. The Morgan fingerprint density at radius 3 is 2.41 bits per heavy atom. The summed E-state index contributed by atoms with van der Waals surface area (Å²) in [6, 6.07) is 21.0. The van der Waals surface area contributed by atoms with E-state index in [-0.39, 0.29) is 24.0 Å². The number of benzene rings is 3. The third kappa shape index (κ3) is 6.02. The number of thiocarbonyl (C=S) groups is 1. The summed E-state index contributed by atoms with van der Waals surface area (Å²) < 4.78 is 5.38. The van der Waals surface area contributed by atoms with Crippen LogP contribution in [0.3, 0.4) is 0 Å². The standard InChI is InChI=1S/C22H21N3O3S/c1-15-9-11-18(12-10-15)28-14-21(27)23-22(29)25-24-20(26)13-17-7-4-6-16-5-2-3-8-19(16)17/h2-12H,13-14H2,1H3,(H,24,26)(H2,23,25,27,29). The number of hydrogen-bond donors (Lipinski definition) is 3. The molecule has 3 N–H and O–H groups in total. The Kier molecular flexibility index (Phi) is 6.76. The van der Waals surface area contributed by atoms with Gasteiger partial charge < -0.3 is 4.74 Å². The molecule has 6 nitrogen and oxygen atoms in total. The lowest BCUT2D eigenvalue weighted by molar-refractivity contribution is -0.122. The Morgan fingerprint density at radius 1 is 0.897 bits per heavy atom. The highest BCUT2D eigenvalue weighted by molar-refractivity contribution is 7.80. The average Bonchev–Trinajstić information content (AvgIpc) is 2.72. The maximum Gasteiger partial charge on any atom is 0.264 e. The predicted molar refractivity (Wildman–Crippen MR) is 116 cm³/mol. The van der Waals surface area contributed by atoms with Crippen LogP contribution >= 0.6 is 12.2 Å². The van der Waals surface area contributed by atoms with Gasteiger partial charge in [-0.25, -0.2) is 0 Å². The zero-order valence-electron chi connectivity index (χ0n) is 15.9. The molecule has 29 heavy (non-hydrogen) atoms. The van der Waals surface area contributed by atoms with Crippen LogP contribution in [0.4, 0.5) is 0 Å². The smallest absolute Gasteiger partial charge is 0.264 e. The van der Waals surface area contributed by atoms with Gasteiger partial charge in [0.2, 0.25) is 5.91 Å². The molecule has 0 radical (unpaired) electrons. The topological polar surface area (TPSA) is 79.5 Å². The summed E-state index contributed by atoms with van der Waals surface area (Å²) in [5.74, 6) is -0.103. The van der Waals surface area contributed by atoms with E-state index in [4.69, 9.17) is 17.0 Å². The van der Waals surface area contributed by atoms with Gasteiger partial charge in [-0.3, -0.25) is 25.8 Å². The van der Waals surface area contributed by atoms with E-state index in [0.29, 0.717) is 5.75 Å². The number of carbonyl (C=O) groups excluding carboxylic acids is 2. The summed E-state index contributed by atoms with van der Waals surface area (Å²) in [7, 11) is 0. The number of ether oxygens (including phenoxy) is 1. The predicted octanol–water partition coefficient (Wildman–Crippen LogP) is 2.79. The normalized spacial score (nSPS) is 10.2. The van der Waals surface area contributed by atoms with E-state index in [0.717, 1.165) is 21.9 Å². The fraction of sp³-hybridized carbons (Fsp3) is 0.136. The van der Waals surface area contributed by atoms with Crippen molar-refractivity contribution in [2.24, 2.45) is 0 Å². The zero-order chi connectivity index (χ0) is 20.6. The molecular formula is C22H21N3O3S. The molecule has 0 saturated heterocycles. The van der Waals surface area contributed by atoms with Crippen LogP contribution in [-0.2, 0) is 16.0 Å². The molecule has 0 unspecified atom stereocenters. The average molecular weight is 407 g/mol. The van der Waals surface area contributed by atoms with Crippen molar-refractivity contribution in [1.82, 2.24) is 16.2 Å². The fourth-order valence-electron chi connectivity index (χ4n) is 2.77. The molecule has 3 aromatic rings. The van der Waals surface area contributed by atoms with E-state index in [1.807, 2.05) is 61.5 Å². The van der Waals surface area contributed by atoms with Crippen LogP contribution < -0.4 is 20.9 Å². The Morgan fingerprint density at radius 2 is 1.62 bits per heavy atom. The third-order valence-corrected chi connectivity index (χ3v) is 4.39. The Bertz CT molecular complexity index is 1030. The number of hydrazine groups is 1. The first-order valence-corrected chi connectivity index (χ1v) is 9.47. The molecule has 0 saturated carbocycles. The van der Waals surface area contributed by atoms with E-state index in [2.05, 4.69) is 16.2 Å². The SMILES string of the molecule is Cc1ccc(OCC(=O)NC(=S)NNC(=O)Cc2cccc3ccccc23)cc1. The molecule has 0 aromatic heterocycles. The zero-order valence-corrected chi connectivity index (χ0v) is 16.7. The Hall–Kier alpha value is -3.45. The minimum absolute atomic E-state index is 0.00576. The molecule has 0 heterocycles. The van der Waals surface area contributed by atoms with Gasteiger partial charge in [0.25, 0.3) is 5.91 Å². The highest BCUT2D eigenvalue weighted by atomic mass is 32.1. The number of aryl methyl sites for hydroxylation is 1. The third-order valence-electron chi connectivity index (χ3n) is 4.19. The molecule has 3 rings (SSSR count). The summed E-state index contributed by atoms with van der Waals surface area (Å²) in [5.41, 5.74) is 7.04. The molecule has 0 atom stereocenters. The number of nitrogens with one attached hydrogen (secondary N) is 3. The summed E-state index contributed by atoms with van der Waals surface area (Å²) in [4.78, 5) is 24.1. The molecule has 0 aliphatic rings. The minimum atomic E-state index is -0.425. The first-order chi connectivity index (χ1) is 14.0. The van der Waals surface area contributed by atoms with E-state index >= 15 is 0 Å². The number of hydrogen-bond acceptors (Lipinski definition) is 4. The number of fused-ring (bicyclic) bond motifs is 1. The Balaban J connectivity index is 1.43. The molecule has 2 amide bonds. The van der Waals surface area contributed by atoms with Gasteiger partial charge in [-0.1, -0.05) is 60.2 Å². The molecule has 148 valence electrons. The van der Waals surface area contributed by atoms with Crippen molar-refractivity contribution >= 4 is 39.9 Å². The van der Waals surface area contributed by atoms with Crippen molar-refractivity contribution in [2.45, 2.75) is 13.3 Å². The van der Waals surface area contributed by atoms with Gasteiger partial charge in [0.1, 0.15) is 5.75 Å².